The fourth-order valence-electron chi connectivity index (χ4n) is 2.57. The molecule has 1 aliphatic rings. The number of nitrogens with zero attached hydrogens (tertiary/aromatic N) is 1. The molecule has 1 aromatic carbocycles. The van der Waals surface area contributed by atoms with Crippen molar-refractivity contribution in [2.75, 3.05) is 39.2 Å². The lowest BCUT2D eigenvalue weighted by atomic mass is 10.2. The predicted molar refractivity (Wildman–Crippen MR) is 86.6 cm³/mol. The molecule has 0 aromatic heterocycles. The standard InChI is InChI=1S/C16H23N3O4/c1-22-10-8-17-15(20)14-7-4-9-19(14)16(21)18-12-5-3-6-13(11-12)23-2/h3,5-6,11,14H,4,7-10H2,1-2H3,(H,17,20)(H,18,21). The van der Waals surface area contributed by atoms with E-state index in [-0.39, 0.29) is 11.9 Å². The minimum Gasteiger partial charge on any atom is -0.497 e. The zero-order valence-corrected chi connectivity index (χ0v) is 13.5. The van der Waals surface area contributed by atoms with Crippen molar-refractivity contribution in [2.24, 2.45) is 0 Å². The second kappa shape index (κ2) is 8.38. The molecule has 2 N–H and O–H groups in total. The highest BCUT2D eigenvalue weighted by Gasteiger charge is 2.33. The van der Waals surface area contributed by atoms with Crippen molar-refractivity contribution < 1.29 is 19.1 Å². The first kappa shape index (κ1) is 17.1. The molecule has 0 radical (unpaired) electrons. The third kappa shape index (κ3) is 4.59. The summed E-state index contributed by atoms with van der Waals surface area (Å²) in [7, 11) is 3.15. The lowest BCUT2D eigenvalue weighted by molar-refractivity contribution is -0.124. The van der Waals surface area contributed by atoms with Gasteiger partial charge in [0, 0.05) is 32.0 Å². The van der Waals surface area contributed by atoms with Crippen molar-refractivity contribution in [3.8, 4) is 5.75 Å². The molecule has 23 heavy (non-hydrogen) atoms. The first-order valence-corrected chi connectivity index (χ1v) is 7.64. The first-order chi connectivity index (χ1) is 11.2. The van der Waals surface area contributed by atoms with Crippen LogP contribution >= 0.6 is 0 Å². The summed E-state index contributed by atoms with van der Waals surface area (Å²) in [5.74, 6) is 0.526. The van der Waals surface area contributed by atoms with Crippen LogP contribution in [0.4, 0.5) is 10.5 Å². The number of ether oxygens (including phenoxy) is 2. The Hall–Kier alpha value is -2.28. The predicted octanol–water partition coefficient (Wildman–Crippen LogP) is 1.45. The number of amides is 3. The number of likely N-dealkylation sites (tertiary alicyclic amines) is 1. The van der Waals surface area contributed by atoms with Gasteiger partial charge in [-0.05, 0) is 25.0 Å². The molecule has 7 nitrogen and oxygen atoms in total. The number of benzene rings is 1. The number of carbonyl (C=O) groups excluding carboxylic acids is 2. The van der Waals surface area contributed by atoms with Crippen LogP contribution in [0, 0.1) is 0 Å². The lowest BCUT2D eigenvalue weighted by Crippen LogP contribution is -2.48. The molecule has 3 amide bonds. The van der Waals surface area contributed by atoms with Gasteiger partial charge in [0.2, 0.25) is 5.91 Å². The molecular formula is C16H23N3O4. The maximum Gasteiger partial charge on any atom is 0.322 e. The average Bonchev–Trinajstić information content (AvgIpc) is 3.05. The number of carbonyl (C=O) groups is 2. The van der Waals surface area contributed by atoms with E-state index in [1.807, 2.05) is 0 Å². The second-order valence-electron chi connectivity index (χ2n) is 5.30. The van der Waals surface area contributed by atoms with Crippen LogP contribution in [0.2, 0.25) is 0 Å². The van der Waals surface area contributed by atoms with Crippen LogP contribution in [0.1, 0.15) is 12.8 Å². The van der Waals surface area contributed by atoms with Crippen molar-refractivity contribution in [3.63, 3.8) is 0 Å². The topological polar surface area (TPSA) is 79.9 Å². The number of hydrogen-bond acceptors (Lipinski definition) is 4. The molecule has 1 aromatic rings. The fourth-order valence-corrected chi connectivity index (χ4v) is 2.57. The Morgan fingerprint density at radius 3 is 2.91 bits per heavy atom. The summed E-state index contributed by atoms with van der Waals surface area (Å²) in [6.07, 6.45) is 1.48. The Kier molecular flexibility index (Phi) is 6.22. The van der Waals surface area contributed by atoms with Crippen LogP contribution in [0.15, 0.2) is 24.3 Å². The van der Waals surface area contributed by atoms with Crippen molar-refractivity contribution in [3.05, 3.63) is 24.3 Å². The van der Waals surface area contributed by atoms with Gasteiger partial charge in [0.25, 0.3) is 0 Å². The summed E-state index contributed by atoms with van der Waals surface area (Å²) in [6, 6.07) is 6.41. The monoisotopic (exact) mass is 321 g/mol. The van der Waals surface area contributed by atoms with Gasteiger partial charge >= 0.3 is 6.03 Å². The molecule has 1 fully saturated rings. The minimum absolute atomic E-state index is 0.139. The molecule has 0 bridgehead atoms. The number of anilines is 1. The van der Waals surface area contributed by atoms with Crippen LogP contribution in [-0.4, -0.2) is 56.8 Å². The highest BCUT2D eigenvalue weighted by molar-refractivity contribution is 5.94. The number of urea groups is 1. The van der Waals surface area contributed by atoms with Gasteiger partial charge in [-0.15, -0.1) is 0 Å². The van der Waals surface area contributed by atoms with Gasteiger partial charge in [-0.25, -0.2) is 4.79 Å². The van der Waals surface area contributed by atoms with Crippen LogP contribution in [0.3, 0.4) is 0 Å². The van der Waals surface area contributed by atoms with E-state index in [0.29, 0.717) is 37.6 Å². The second-order valence-corrected chi connectivity index (χ2v) is 5.30. The van der Waals surface area contributed by atoms with Gasteiger partial charge in [-0.2, -0.15) is 0 Å². The van der Waals surface area contributed by atoms with E-state index in [9.17, 15) is 9.59 Å². The summed E-state index contributed by atoms with van der Waals surface area (Å²) in [5.41, 5.74) is 0.639. The molecule has 126 valence electrons. The largest absolute Gasteiger partial charge is 0.497 e. The van der Waals surface area contributed by atoms with Gasteiger partial charge < -0.3 is 25.0 Å². The number of rotatable bonds is 6. The Labute approximate surface area is 135 Å². The van der Waals surface area contributed by atoms with E-state index in [1.54, 1.807) is 43.4 Å². The highest BCUT2D eigenvalue weighted by Crippen LogP contribution is 2.21. The molecule has 0 saturated carbocycles. The van der Waals surface area contributed by atoms with Crippen molar-refractivity contribution in [2.45, 2.75) is 18.9 Å². The summed E-state index contributed by atoms with van der Waals surface area (Å²) in [5, 5.41) is 5.60. The molecule has 1 atom stereocenters. The number of methoxy groups -OCH3 is 2. The lowest BCUT2D eigenvalue weighted by Gasteiger charge is -2.24. The van der Waals surface area contributed by atoms with Crippen LogP contribution in [0.5, 0.6) is 5.75 Å². The van der Waals surface area contributed by atoms with E-state index < -0.39 is 6.04 Å². The molecule has 0 aliphatic carbocycles. The van der Waals surface area contributed by atoms with Gasteiger partial charge in [0.05, 0.1) is 13.7 Å². The third-order valence-electron chi connectivity index (χ3n) is 3.74. The molecular weight excluding hydrogens is 298 g/mol. The maximum absolute atomic E-state index is 12.4. The SMILES string of the molecule is COCCNC(=O)C1CCCN1C(=O)Nc1cccc(OC)c1. The molecule has 1 aliphatic heterocycles. The van der Waals surface area contributed by atoms with Crippen LogP contribution < -0.4 is 15.4 Å². The van der Waals surface area contributed by atoms with Gasteiger partial charge in [0.15, 0.2) is 0 Å². The number of nitrogens with one attached hydrogen (secondary N) is 2. The first-order valence-electron chi connectivity index (χ1n) is 7.64. The van der Waals surface area contributed by atoms with E-state index in [4.69, 9.17) is 9.47 Å². The van der Waals surface area contributed by atoms with Crippen molar-refractivity contribution >= 4 is 17.6 Å². The Balaban J connectivity index is 1.95. The smallest absolute Gasteiger partial charge is 0.322 e. The van der Waals surface area contributed by atoms with E-state index in [0.717, 1.165) is 6.42 Å². The Morgan fingerprint density at radius 1 is 1.35 bits per heavy atom. The fraction of sp³-hybridized carbons (Fsp3) is 0.500. The molecule has 1 heterocycles. The zero-order valence-electron chi connectivity index (χ0n) is 13.5. The summed E-state index contributed by atoms with van der Waals surface area (Å²) in [4.78, 5) is 26.2. The normalized spacial score (nSPS) is 17.0. The average molecular weight is 321 g/mol. The highest BCUT2D eigenvalue weighted by atomic mass is 16.5. The molecule has 1 unspecified atom stereocenters. The zero-order chi connectivity index (χ0) is 16.7. The summed E-state index contributed by atoms with van der Waals surface area (Å²) in [6.45, 7) is 1.46. The minimum atomic E-state index is -0.433. The van der Waals surface area contributed by atoms with Gasteiger partial charge in [-0.3, -0.25) is 4.79 Å². The quantitative estimate of drug-likeness (QED) is 0.777. The third-order valence-corrected chi connectivity index (χ3v) is 3.74. The Bertz CT molecular complexity index is 550. The van der Waals surface area contributed by atoms with E-state index in [2.05, 4.69) is 10.6 Å². The van der Waals surface area contributed by atoms with Gasteiger partial charge in [0.1, 0.15) is 11.8 Å². The number of hydrogen-bond donors (Lipinski definition) is 2. The maximum atomic E-state index is 12.4. The molecule has 2 rings (SSSR count). The van der Waals surface area contributed by atoms with E-state index in [1.165, 1.54) is 0 Å². The van der Waals surface area contributed by atoms with E-state index >= 15 is 0 Å². The van der Waals surface area contributed by atoms with Gasteiger partial charge in [-0.1, -0.05) is 6.07 Å². The van der Waals surface area contributed by atoms with Crippen molar-refractivity contribution in [1.29, 1.82) is 0 Å². The molecule has 0 spiro atoms. The Morgan fingerprint density at radius 2 is 2.17 bits per heavy atom. The summed E-state index contributed by atoms with van der Waals surface area (Å²) < 4.78 is 10.0. The van der Waals surface area contributed by atoms with Crippen LogP contribution in [0.25, 0.3) is 0 Å². The molecule has 1 saturated heterocycles. The van der Waals surface area contributed by atoms with Crippen molar-refractivity contribution in [1.82, 2.24) is 10.2 Å². The molecule has 7 heteroatoms. The van der Waals surface area contributed by atoms with Crippen LogP contribution in [-0.2, 0) is 9.53 Å². The summed E-state index contributed by atoms with van der Waals surface area (Å²) >= 11 is 0.